The summed E-state index contributed by atoms with van der Waals surface area (Å²) in [4.78, 5) is 45.1. The van der Waals surface area contributed by atoms with E-state index in [-0.39, 0.29) is 47.6 Å². The molecule has 0 spiro atoms. The highest BCUT2D eigenvalue weighted by Gasteiger charge is 2.36. The van der Waals surface area contributed by atoms with Crippen LogP contribution in [0.3, 0.4) is 0 Å². The average Bonchev–Trinajstić information content (AvgIpc) is 3.28. The van der Waals surface area contributed by atoms with Gasteiger partial charge in [0.05, 0.1) is 11.9 Å². The number of nitrogens with zero attached hydrogens (tertiary/aromatic N) is 6. The standard InChI is InChI=1S/C26H25FN6O3/c1-16-29-25-21(12-28-33(25)20-7-5-19(27)6-8-20)26(36)31(16)10-9-23(34)30-13-17-11-18(15-30)22-3-2-4-24(35)32(22)14-17/h2-8,12,17-18H,9-11,13-15H2,1H3. The van der Waals surface area contributed by atoms with Crippen molar-refractivity contribution in [2.75, 3.05) is 13.1 Å². The van der Waals surface area contributed by atoms with Crippen LogP contribution in [0.5, 0.6) is 0 Å². The molecular weight excluding hydrogens is 463 g/mol. The Morgan fingerprint density at radius 2 is 1.89 bits per heavy atom. The summed E-state index contributed by atoms with van der Waals surface area (Å²) in [7, 11) is 0. The topological polar surface area (TPSA) is 95.0 Å². The maximum Gasteiger partial charge on any atom is 0.264 e. The number of aryl methyl sites for hydroxylation is 1. The molecule has 5 heterocycles. The number of rotatable bonds is 4. The average molecular weight is 489 g/mol. The number of aromatic nitrogens is 5. The predicted octanol–water partition coefficient (Wildman–Crippen LogP) is 2.23. The first-order valence-electron chi connectivity index (χ1n) is 12.1. The van der Waals surface area contributed by atoms with Crippen LogP contribution in [0, 0.1) is 18.7 Å². The number of hydrogen-bond donors (Lipinski definition) is 0. The fourth-order valence-electron chi connectivity index (χ4n) is 5.61. The van der Waals surface area contributed by atoms with Gasteiger partial charge in [-0.1, -0.05) is 6.07 Å². The molecule has 2 bridgehead atoms. The summed E-state index contributed by atoms with van der Waals surface area (Å²) in [5.41, 5.74) is 1.75. The molecule has 6 rings (SSSR count). The van der Waals surface area contributed by atoms with Gasteiger partial charge in [-0.3, -0.25) is 19.0 Å². The number of halogens is 1. The number of carbonyl (C=O) groups is 1. The number of pyridine rings is 1. The van der Waals surface area contributed by atoms with E-state index in [0.29, 0.717) is 42.2 Å². The normalized spacial score (nSPS) is 18.9. The van der Waals surface area contributed by atoms with Crippen molar-refractivity contribution in [1.82, 2.24) is 28.8 Å². The minimum Gasteiger partial charge on any atom is -0.342 e. The smallest absolute Gasteiger partial charge is 0.264 e. The summed E-state index contributed by atoms with van der Waals surface area (Å²) in [5.74, 6) is 0.509. The first-order chi connectivity index (χ1) is 17.4. The van der Waals surface area contributed by atoms with Crippen LogP contribution in [0.25, 0.3) is 16.7 Å². The van der Waals surface area contributed by atoms with Crippen LogP contribution in [0.15, 0.2) is 58.3 Å². The highest BCUT2D eigenvalue weighted by atomic mass is 19.1. The largest absolute Gasteiger partial charge is 0.342 e. The Bertz CT molecular complexity index is 1600. The third-order valence-corrected chi connectivity index (χ3v) is 7.33. The second-order valence-electron chi connectivity index (χ2n) is 9.63. The lowest BCUT2D eigenvalue weighted by atomic mass is 9.83. The zero-order chi connectivity index (χ0) is 25.0. The summed E-state index contributed by atoms with van der Waals surface area (Å²) in [6, 6.07) is 11.2. The van der Waals surface area contributed by atoms with Crippen molar-refractivity contribution in [3.05, 3.63) is 86.7 Å². The molecule has 1 amide bonds. The van der Waals surface area contributed by atoms with E-state index < -0.39 is 0 Å². The van der Waals surface area contributed by atoms with Gasteiger partial charge < -0.3 is 9.47 Å². The van der Waals surface area contributed by atoms with Crippen LogP contribution in [0.4, 0.5) is 4.39 Å². The molecule has 1 fully saturated rings. The first-order valence-corrected chi connectivity index (χ1v) is 12.1. The van der Waals surface area contributed by atoms with Crippen molar-refractivity contribution in [1.29, 1.82) is 0 Å². The molecule has 0 radical (unpaired) electrons. The fourth-order valence-corrected chi connectivity index (χ4v) is 5.61. The number of fused-ring (bicyclic) bond motifs is 5. The molecule has 184 valence electrons. The number of likely N-dealkylation sites (tertiary alicyclic amines) is 1. The van der Waals surface area contributed by atoms with E-state index in [2.05, 4.69) is 10.1 Å². The van der Waals surface area contributed by atoms with Gasteiger partial charge in [-0.25, -0.2) is 14.1 Å². The lowest BCUT2D eigenvalue weighted by molar-refractivity contribution is -0.134. The first kappa shape index (κ1) is 22.4. The molecule has 2 unspecified atom stereocenters. The molecule has 0 saturated carbocycles. The molecule has 0 N–H and O–H groups in total. The van der Waals surface area contributed by atoms with Crippen molar-refractivity contribution < 1.29 is 9.18 Å². The van der Waals surface area contributed by atoms with Gasteiger partial charge in [0.15, 0.2) is 5.65 Å². The molecular formula is C26H25FN6O3. The molecule has 1 aromatic carbocycles. The van der Waals surface area contributed by atoms with Crippen molar-refractivity contribution >= 4 is 16.9 Å². The van der Waals surface area contributed by atoms with Gasteiger partial charge in [-0.15, -0.1) is 0 Å². The van der Waals surface area contributed by atoms with Crippen LogP contribution >= 0.6 is 0 Å². The van der Waals surface area contributed by atoms with Gasteiger partial charge in [0.1, 0.15) is 17.0 Å². The van der Waals surface area contributed by atoms with Gasteiger partial charge in [0.2, 0.25) is 5.91 Å². The van der Waals surface area contributed by atoms with Crippen molar-refractivity contribution in [2.45, 2.75) is 38.8 Å². The van der Waals surface area contributed by atoms with Crippen molar-refractivity contribution in [2.24, 2.45) is 5.92 Å². The van der Waals surface area contributed by atoms with Crippen LogP contribution in [-0.4, -0.2) is 47.8 Å². The van der Waals surface area contributed by atoms with Crippen LogP contribution < -0.4 is 11.1 Å². The van der Waals surface area contributed by atoms with E-state index in [0.717, 1.165) is 12.1 Å². The zero-order valence-corrected chi connectivity index (χ0v) is 19.8. The number of carbonyl (C=O) groups excluding carboxylic acids is 1. The summed E-state index contributed by atoms with van der Waals surface area (Å²) >= 11 is 0. The maximum atomic E-state index is 13.3. The molecule has 2 aliphatic rings. The Labute approximate surface area is 205 Å². The zero-order valence-electron chi connectivity index (χ0n) is 19.8. The Balaban J connectivity index is 1.21. The maximum absolute atomic E-state index is 13.3. The predicted molar refractivity (Wildman–Crippen MR) is 131 cm³/mol. The second-order valence-corrected chi connectivity index (χ2v) is 9.63. The SMILES string of the molecule is Cc1nc2c(cnn2-c2ccc(F)cc2)c(=O)n1CCC(=O)N1CC2CC(C1)c1cccc(=O)n1C2. The summed E-state index contributed by atoms with van der Waals surface area (Å²) in [6.07, 6.45) is 2.61. The molecule has 0 aliphatic carbocycles. The third kappa shape index (κ3) is 3.73. The van der Waals surface area contributed by atoms with E-state index in [9.17, 15) is 18.8 Å². The number of benzene rings is 1. The quantitative estimate of drug-likeness (QED) is 0.439. The third-order valence-electron chi connectivity index (χ3n) is 7.33. The molecule has 4 aromatic rings. The van der Waals surface area contributed by atoms with E-state index in [1.807, 2.05) is 15.5 Å². The number of piperidine rings is 1. The molecule has 36 heavy (non-hydrogen) atoms. The number of hydrogen-bond acceptors (Lipinski definition) is 5. The second kappa shape index (κ2) is 8.54. The van der Waals surface area contributed by atoms with Gasteiger partial charge in [-0.05, 0) is 49.6 Å². The molecule has 9 nitrogen and oxygen atoms in total. The molecule has 2 atom stereocenters. The van der Waals surface area contributed by atoms with E-state index >= 15 is 0 Å². The highest BCUT2D eigenvalue weighted by Crippen LogP contribution is 2.35. The molecule has 3 aromatic heterocycles. The minimum absolute atomic E-state index is 0.00941. The molecule has 1 saturated heterocycles. The number of amides is 1. The van der Waals surface area contributed by atoms with E-state index in [4.69, 9.17) is 0 Å². The van der Waals surface area contributed by atoms with Gasteiger partial charge in [0.25, 0.3) is 11.1 Å². The van der Waals surface area contributed by atoms with Crippen LogP contribution in [-0.2, 0) is 17.9 Å². The molecule has 10 heteroatoms. The van der Waals surface area contributed by atoms with Crippen LogP contribution in [0.1, 0.15) is 30.3 Å². The monoisotopic (exact) mass is 488 g/mol. The summed E-state index contributed by atoms with van der Waals surface area (Å²) < 4.78 is 18.2. The molecule has 2 aliphatic heterocycles. The summed E-state index contributed by atoms with van der Waals surface area (Å²) in [6.45, 7) is 3.77. The van der Waals surface area contributed by atoms with E-state index in [1.165, 1.54) is 27.6 Å². The Morgan fingerprint density at radius 1 is 1.08 bits per heavy atom. The summed E-state index contributed by atoms with van der Waals surface area (Å²) in [5, 5.41) is 4.62. The van der Waals surface area contributed by atoms with Gasteiger partial charge >= 0.3 is 0 Å². The lowest BCUT2D eigenvalue weighted by Crippen LogP contribution is -2.49. The van der Waals surface area contributed by atoms with Crippen molar-refractivity contribution in [3.63, 3.8) is 0 Å². The fraction of sp³-hybridized carbons (Fsp3) is 0.346. The highest BCUT2D eigenvalue weighted by molar-refractivity contribution is 5.77. The Hall–Kier alpha value is -4.08. The van der Waals surface area contributed by atoms with Crippen LogP contribution in [0.2, 0.25) is 0 Å². The minimum atomic E-state index is -0.359. The Morgan fingerprint density at radius 3 is 2.69 bits per heavy atom. The Kier molecular flexibility index (Phi) is 5.31. The van der Waals surface area contributed by atoms with Crippen molar-refractivity contribution in [3.8, 4) is 5.69 Å². The lowest BCUT2D eigenvalue weighted by Gasteiger charge is -2.42. The van der Waals surface area contributed by atoms with E-state index in [1.54, 1.807) is 31.2 Å². The van der Waals surface area contributed by atoms with Gasteiger partial charge in [0, 0.05) is 50.3 Å². The van der Waals surface area contributed by atoms with Gasteiger partial charge in [-0.2, -0.15) is 5.10 Å².